The molecule has 0 aromatic carbocycles. The first kappa shape index (κ1) is 12.4. The first-order valence-electron chi connectivity index (χ1n) is 6.35. The Hall–Kier alpha value is -0.720. The van der Waals surface area contributed by atoms with Crippen molar-refractivity contribution in [2.45, 2.75) is 65.2 Å². The second-order valence-corrected chi connectivity index (χ2v) is 4.26. The van der Waals surface area contributed by atoms with Crippen LogP contribution in [0.2, 0.25) is 0 Å². The molecule has 0 aliphatic rings. The van der Waals surface area contributed by atoms with Gasteiger partial charge in [0.1, 0.15) is 0 Å². The summed E-state index contributed by atoms with van der Waals surface area (Å²) in [7, 11) is 0. The highest BCUT2D eigenvalue weighted by Gasteiger charge is 2.05. The van der Waals surface area contributed by atoms with E-state index in [0.29, 0.717) is 0 Å². The van der Waals surface area contributed by atoms with Gasteiger partial charge in [0.05, 0.1) is 6.26 Å². The van der Waals surface area contributed by atoms with E-state index in [4.69, 9.17) is 4.42 Å². The van der Waals surface area contributed by atoms with Crippen molar-refractivity contribution in [1.82, 2.24) is 0 Å². The summed E-state index contributed by atoms with van der Waals surface area (Å²) >= 11 is 0. The molecule has 0 N–H and O–H groups in total. The Morgan fingerprint density at radius 2 is 1.67 bits per heavy atom. The molecule has 1 aromatic heterocycles. The van der Waals surface area contributed by atoms with Crippen molar-refractivity contribution in [2.24, 2.45) is 0 Å². The smallest absolute Gasteiger partial charge is 0.172 e. The second-order valence-electron chi connectivity index (χ2n) is 4.26. The van der Waals surface area contributed by atoms with Crippen LogP contribution in [-0.2, 0) is 12.8 Å². The van der Waals surface area contributed by atoms with Gasteiger partial charge < -0.3 is 4.42 Å². The molecule has 0 fully saturated rings. The number of hydrogen-bond acceptors (Lipinski definition) is 1. The molecule has 0 atom stereocenters. The summed E-state index contributed by atoms with van der Waals surface area (Å²) in [5.41, 5.74) is 2.71. The van der Waals surface area contributed by atoms with Gasteiger partial charge in [-0.15, -0.1) is 0 Å². The predicted molar refractivity (Wildman–Crippen MR) is 64.0 cm³/mol. The monoisotopic (exact) mass is 207 g/mol. The van der Waals surface area contributed by atoms with Crippen LogP contribution in [0.4, 0.5) is 0 Å². The Morgan fingerprint density at radius 3 is 2.33 bits per heavy atom. The summed E-state index contributed by atoms with van der Waals surface area (Å²) in [6.07, 6.45) is 15.0. The van der Waals surface area contributed by atoms with Gasteiger partial charge in [0.15, 0.2) is 6.26 Å². The average molecular weight is 207 g/mol. The van der Waals surface area contributed by atoms with Gasteiger partial charge in [-0.05, 0) is 31.2 Å². The Balaban J connectivity index is 2.32. The lowest BCUT2D eigenvalue weighted by molar-refractivity contribution is 0.550. The van der Waals surface area contributed by atoms with E-state index in [1.54, 1.807) is 0 Å². The molecule has 0 unspecified atom stereocenters. The highest BCUT2D eigenvalue weighted by atomic mass is 16.3. The number of aryl methyl sites for hydroxylation is 2. The summed E-state index contributed by atoms with van der Waals surface area (Å²) in [5.74, 6) is 0. The summed E-state index contributed by atoms with van der Waals surface area (Å²) < 4.78 is 5.18. The molecule has 15 heavy (non-hydrogen) atoms. The molecule has 85 valence electrons. The molecule has 0 aliphatic carbocycles. The van der Waals surface area contributed by atoms with E-state index < -0.39 is 0 Å². The van der Waals surface area contributed by atoms with Crippen molar-refractivity contribution in [1.29, 1.82) is 0 Å². The largest absolute Gasteiger partial charge is 0.460 e. The highest BCUT2D eigenvalue weighted by molar-refractivity contribution is 5.20. The summed E-state index contributed by atoms with van der Waals surface area (Å²) in [6.45, 7) is 4.48. The zero-order valence-corrected chi connectivity index (χ0v) is 10.1. The molecule has 1 heteroatoms. The summed E-state index contributed by atoms with van der Waals surface area (Å²) in [6, 6.07) is 0. The third kappa shape index (κ3) is 4.55. The first-order chi connectivity index (χ1) is 7.38. The van der Waals surface area contributed by atoms with Gasteiger partial charge in [-0.2, -0.15) is 0 Å². The van der Waals surface area contributed by atoms with Crippen molar-refractivity contribution in [3.63, 3.8) is 0 Å². The van der Waals surface area contributed by atoms with E-state index in [1.807, 2.05) is 6.26 Å². The lowest BCUT2D eigenvalue weighted by Crippen LogP contribution is -1.91. The van der Waals surface area contributed by atoms with Crippen molar-refractivity contribution in [2.75, 3.05) is 0 Å². The fraction of sp³-hybridized carbons (Fsp3) is 0.714. The van der Waals surface area contributed by atoms with Crippen LogP contribution in [0.3, 0.4) is 0 Å². The number of hydrogen-bond donors (Lipinski definition) is 0. The molecule has 0 saturated carbocycles. The molecule has 1 rings (SSSR count). The lowest BCUT2D eigenvalue weighted by atomic mass is 10.0. The summed E-state index contributed by atoms with van der Waals surface area (Å²) in [5, 5.41) is 0. The Morgan fingerprint density at radius 1 is 1.00 bits per heavy atom. The standard InChI is InChI=1S/C14H23O/c1-3-5-7-9-13-11-15-12-14(13)10-8-6-4-2/h11H,3-10H2,1-2H3. The van der Waals surface area contributed by atoms with E-state index in [-0.39, 0.29) is 0 Å². The van der Waals surface area contributed by atoms with Crippen molar-refractivity contribution < 1.29 is 4.42 Å². The van der Waals surface area contributed by atoms with Crippen LogP contribution in [0.15, 0.2) is 10.7 Å². The minimum atomic E-state index is 1.14. The molecule has 1 nitrogen and oxygen atoms in total. The molecule has 0 bridgehead atoms. The fourth-order valence-electron chi connectivity index (χ4n) is 1.85. The Labute approximate surface area is 93.9 Å². The van der Waals surface area contributed by atoms with Crippen molar-refractivity contribution in [3.8, 4) is 0 Å². The van der Waals surface area contributed by atoms with Gasteiger partial charge in [0.25, 0.3) is 0 Å². The van der Waals surface area contributed by atoms with Crippen LogP contribution in [0.1, 0.15) is 63.5 Å². The second kappa shape index (κ2) is 7.56. The van der Waals surface area contributed by atoms with Gasteiger partial charge in [0, 0.05) is 5.56 Å². The van der Waals surface area contributed by atoms with Crippen LogP contribution in [0.5, 0.6) is 0 Å². The van der Waals surface area contributed by atoms with Crippen molar-refractivity contribution >= 4 is 0 Å². The Bertz CT molecular complexity index is 225. The quantitative estimate of drug-likeness (QED) is 0.570. The average Bonchev–Trinajstić information content (AvgIpc) is 2.67. The van der Waals surface area contributed by atoms with E-state index in [0.717, 1.165) is 6.42 Å². The third-order valence-corrected chi connectivity index (χ3v) is 2.85. The molecule has 0 aliphatic heterocycles. The maximum absolute atomic E-state index is 5.18. The number of unbranched alkanes of at least 4 members (excludes halogenated alkanes) is 4. The van der Waals surface area contributed by atoms with E-state index in [9.17, 15) is 0 Å². The topological polar surface area (TPSA) is 13.1 Å². The van der Waals surface area contributed by atoms with Crippen LogP contribution < -0.4 is 0 Å². The van der Waals surface area contributed by atoms with Crippen LogP contribution >= 0.6 is 0 Å². The van der Waals surface area contributed by atoms with Crippen LogP contribution in [0, 0.1) is 6.26 Å². The maximum Gasteiger partial charge on any atom is 0.172 e. The first-order valence-corrected chi connectivity index (χ1v) is 6.35. The highest BCUT2D eigenvalue weighted by Crippen LogP contribution is 2.16. The lowest BCUT2D eigenvalue weighted by Gasteiger charge is -2.01. The van der Waals surface area contributed by atoms with E-state index in [1.165, 1.54) is 56.1 Å². The molecule has 0 amide bonds. The fourth-order valence-corrected chi connectivity index (χ4v) is 1.85. The van der Waals surface area contributed by atoms with Crippen molar-refractivity contribution in [3.05, 3.63) is 23.7 Å². The minimum absolute atomic E-state index is 1.14. The minimum Gasteiger partial charge on any atom is -0.460 e. The number of furan rings is 1. The van der Waals surface area contributed by atoms with Gasteiger partial charge in [-0.3, -0.25) is 0 Å². The van der Waals surface area contributed by atoms with Crippen LogP contribution in [-0.4, -0.2) is 0 Å². The maximum atomic E-state index is 5.18. The van der Waals surface area contributed by atoms with E-state index >= 15 is 0 Å². The van der Waals surface area contributed by atoms with Gasteiger partial charge >= 0.3 is 0 Å². The van der Waals surface area contributed by atoms with Gasteiger partial charge in [-0.1, -0.05) is 39.5 Å². The van der Waals surface area contributed by atoms with Crippen LogP contribution in [0.25, 0.3) is 0 Å². The predicted octanol–water partition coefficient (Wildman–Crippen LogP) is 4.55. The van der Waals surface area contributed by atoms with Gasteiger partial charge in [0.2, 0.25) is 0 Å². The van der Waals surface area contributed by atoms with Gasteiger partial charge in [-0.25, -0.2) is 0 Å². The molecule has 0 spiro atoms. The third-order valence-electron chi connectivity index (χ3n) is 2.85. The summed E-state index contributed by atoms with van der Waals surface area (Å²) in [4.78, 5) is 0. The zero-order valence-electron chi connectivity index (χ0n) is 10.1. The Kier molecular flexibility index (Phi) is 6.22. The molecule has 1 radical (unpaired) electrons. The number of rotatable bonds is 8. The normalized spacial score (nSPS) is 10.8. The SMILES string of the molecule is CCCCCc1[c]occ1CCCCC. The molecule has 1 heterocycles. The van der Waals surface area contributed by atoms with E-state index in [2.05, 4.69) is 20.1 Å². The molecule has 0 saturated heterocycles. The molecular formula is C14H23O. The zero-order chi connectivity index (χ0) is 10.9. The molecular weight excluding hydrogens is 184 g/mol. The molecule has 1 aromatic rings.